The SMILES string of the molecule is CC(C)C(C)NC(=O)CSCc1cc(=O)n2ccsc2n1. The molecule has 0 aliphatic heterocycles. The van der Waals surface area contributed by atoms with Crippen molar-refractivity contribution in [2.24, 2.45) is 5.92 Å². The number of thioether (sulfide) groups is 1. The van der Waals surface area contributed by atoms with Crippen LogP contribution in [0.2, 0.25) is 0 Å². The monoisotopic (exact) mass is 325 g/mol. The fraction of sp³-hybridized carbons (Fsp3) is 0.500. The lowest BCUT2D eigenvalue weighted by atomic mass is 10.1. The number of aromatic nitrogens is 2. The molecule has 1 amide bonds. The lowest BCUT2D eigenvalue weighted by molar-refractivity contribution is -0.119. The standard InChI is InChI=1S/C14H19N3O2S2/c1-9(2)10(3)15-12(18)8-20-7-11-6-13(19)17-4-5-21-14(17)16-11/h4-6,9-10H,7-8H2,1-3H3,(H,15,18). The number of hydrogen-bond acceptors (Lipinski definition) is 5. The quantitative estimate of drug-likeness (QED) is 0.884. The Morgan fingerprint density at radius 2 is 2.24 bits per heavy atom. The molecule has 2 rings (SSSR count). The highest BCUT2D eigenvalue weighted by molar-refractivity contribution is 7.99. The summed E-state index contributed by atoms with van der Waals surface area (Å²) in [5.74, 6) is 1.38. The zero-order valence-electron chi connectivity index (χ0n) is 12.3. The fourth-order valence-electron chi connectivity index (χ4n) is 1.67. The third-order valence-corrected chi connectivity index (χ3v) is 4.95. The van der Waals surface area contributed by atoms with Gasteiger partial charge in [0.25, 0.3) is 5.56 Å². The molecule has 0 bridgehead atoms. The van der Waals surface area contributed by atoms with Gasteiger partial charge in [-0.3, -0.25) is 14.0 Å². The van der Waals surface area contributed by atoms with Gasteiger partial charge in [-0.2, -0.15) is 0 Å². The van der Waals surface area contributed by atoms with Gasteiger partial charge in [-0.25, -0.2) is 4.98 Å². The first-order valence-corrected chi connectivity index (χ1v) is 8.83. The van der Waals surface area contributed by atoms with Crippen LogP contribution in [0, 0.1) is 5.92 Å². The van der Waals surface area contributed by atoms with Gasteiger partial charge in [-0.05, 0) is 12.8 Å². The van der Waals surface area contributed by atoms with Crippen LogP contribution in [-0.2, 0) is 10.5 Å². The first-order valence-electron chi connectivity index (χ1n) is 6.80. The lowest BCUT2D eigenvalue weighted by Gasteiger charge is -2.17. The van der Waals surface area contributed by atoms with E-state index in [2.05, 4.69) is 24.1 Å². The Kier molecular flexibility index (Phi) is 5.41. The van der Waals surface area contributed by atoms with Gasteiger partial charge in [0.1, 0.15) is 0 Å². The molecule has 0 aromatic carbocycles. The second-order valence-corrected chi connectivity index (χ2v) is 7.09. The van der Waals surface area contributed by atoms with Gasteiger partial charge in [-0.1, -0.05) is 13.8 Å². The molecule has 114 valence electrons. The van der Waals surface area contributed by atoms with Gasteiger partial charge in [-0.15, -0.1) is 23.1 Å². The van der Waals surface area contributed by atoms with Gasteiger partial charge in [0, 0.05) is 29.4 Å². The smallest absolute Gasteiger partial charge is 0.258 e. The maximum Gasteiger partial charge on any atom is 0.258 e. The molecule has 0 fully saturated rings. The van der Waals surface area contributed by atoms with Crippen molar-refractivity contribution in [3.05, 3.63) is 33.7 Å². The van der Waals surface area contributed by atoms with Gasteiger partial charge in [0.2, 0.25) is 5.91 Å². The first-order chi connectivity index (χ1) is 9.97. The highest BCUT2D eigenvalue weighted by atomic mass is 32.2. The number of hydrogen-bond donors (Lipinski definition) is 1. The first kappa shape index (κ1) is 16.0. The molecule has 2 aromatic rings. The van der Waals surface area contributed by atoms with Crippen LogP contribution in [0.25, 0.3) is 4.96 Å². The van der Waals surface area contributed by atoms with E-state index in [0.29, 0.717) is 22.4 Å². The van der Waals surface area contributed by atoms with E-state index in [1.165, 1.54) is 33.6 Å². The van der Waals surface area contributed by atoms with Gasteiger partial charge in [0.05, 0.1) is 11.4 Å². The summed E-state index contributed by atoms with van der Waals surface area (Å²) < 4.78 is 1.52. The largest absolute Gasteiger partial charge is 0.353 e. The third kappa shape index (κ3) is 4.31. The summed E-state index contributed by atoms with van der Waals surface area (Å²) in [7, 11) is 0. The highest BCUT2D eigenvalue weighted by Crippen LogP contribution is 2.12. The number of amides is 1. The molecule has 1 unspecified atom stereocenters. The number of rotatable bonds is 6. The molecular formula is C14H19N3O2S2. The summed E-state index contributed by atoms with van der Waals surface area (Å²) in [4.78, 5) is 28.7. The van der Waals surface area contributed by atoms with Crippen molar-refractivity contribution in [3.8, 4) is 0 Å². The van der Waals surface area contributed by atoms with Crippen molar-refractivity contribution in [2.45, 2.75) is 32.6 Å². The average Bonchev–Trinajstić information content (AvgIpc) is 2.87. The second-order valence-electron chi connectivity index (χ2n) is 5.23. The molecule has 2 heterocycles. The van der Waals surface area contributed by atoms with Crippen molar-refractivity contribution in [1.29, 1.82) is 0 Å². The van der Waals surface area contributed by atoms with E-state index in [4.69, 9.17) is 0 Å². The molecule has 1 atom stereocenters. The molecule has 0 saturated carbocycles. The highest BCUT2D eigenvalue weighted by Gasteiger charge is 2.11. The second kappa shape index (κ2) is 7.09. The summed E-state index contributed by atoms with van der Waals surface area (Å²) in [6.45, 7) is 6.15. The third-order valence-electron chi connectivity index (χ3n) is 3.23. The Morgan fingerprint density at radius 1 is 1.48 bits per heavy atom. The molecule has 1 N–H and O–H groups in total. The minimum Gasteiger partial charge on any atom is -0.353 e. The normalized spacial score (nSPS) is 12.8. The molecule has 21 heavy (non-hydrogen) atoms. The molecule has 0 spiro atoms. The molecular weight excluding hydrogens is 306 g/mol. The van der Waals surface area contributed by atoms with Crippen molar-refractivity contribution >= 4 is 34.0 Å². The zero-order valence-corrected chi connectivity index (χ0v) is 14.0. The molecule has 7 heteroatoms. The van der Waals surface area contributed by atoms with E-state index in [0.717, 1.165) is 5.69 Å². The zero-order chi connectivity index (χ0) is 15.4. The van der Waals surface area contributed by atoms with Crippen LogP contribution in [0.4, 0.5) is 0 Å². The molecule has 2 aromatic heterocycles. The summed E-state index contributed by atoms with van der Waals surface area (Å²) in [6.07, 6.45) is 1.72. The van der Waals surface area contributed by atoms with Crippen molar-refractivity contribution in [2.75, 3.05) is 5.75 Å². The Morgan fingerprint density at radius 3 is 2.95 bits per heavy atom. The predicted molar refractivity (Wildman–Crippen MR) is 87.9 cm³/mol. The van der Waals surface area contributed by atoms with Crippen LogP contribution in [0.1, 0.15) is 26.5 Å². The Hall–Kier alpha value is -1.34. The topological polar surface area (TPSA) is 63.5 Å². The van der Waals surface area contributed by atoms with E-state index in [9.17, 15) is 9.59 Å². The lowest BCUT2D eigenvalue weighted by Crippen LogP contribution is -2.37. The van der Waals surface area contributed by atoms with Crippen molar-refractivity contribution in [3.63, 3.8) is 0 Å². The van der Waals surface area contributed by atoms with Crippen LogP contribution in [-0.4, -0.2) is 27.1 Å². The minimum atomic E-state index is -0.0743. The average molecular weight is 325 g/mol. The molecule has 0 aliphatic carbocycles. The number of nitrogens with zero attached hydrogens (tertiary/aromatic N) is 2. The van der Waals surface area contributed by atoms with Crippen LogP contribution in [0.3, 0.4) is 0 Å². The minimum absolute atomic E-state index is 0.0233. The maximum atomic E-state index is 11.8. The molecule has 0 radical (unpaired) electrons. The van der Waals surface area contributed by atoms with E-state index in [-0.39, 0.29) is 17.5 Å². The number of carbonyl (C=O) groups excluding carboxylic acids is 1. The van der Waals surface area contributed by atoms with E-state index in [1.54, 1.807) is 6.20 Å². The van der Waals surface area contributed by atoms with Gasteiger partial charge in [0.15, 0.2) is 4.96 Å². The number of thiazole rings is 1. The summed E-state index contributed by atoms with van der Waals surface area (Å²) >= 11 is 2.90. The Balaban J connectivity index is 1.87. The van der Waals surface area contributed by atoms with E-state index >= 15 is 0 Å². The molecule has 0 saturated heterocycles. The van der Waals surface area contributed by atoms with Crippen LogP contribution >= 0.6 is 23.1 Å². The Bertz CT molecular complexity index is 678. The predicted octanol–water partition coefficient (Wildman–Crippen LogP) is 2.15. The van der Waals surface area contributed by atoms with Crippen LogP contribution in [0.5, 0.6) is 0 Å². The van der Waals surface area contributed by atoms with Crippen LogP contribution < -0.4 is 10.9 Å². The summed E-state index contributed by atoms with van der Waals surface area (Å²) in [5.41, 5.74) is 0.645. The molecule has 5 nitrogen and oxygen atoms in total. The van der Waals surface area contributed by atoms with Crippen molar-refractivity contribution < 1.29 is 4.79 Å². The number of nitrogens with one attached hydrogen (secondary N) is 1. The number of carbonyl (C=O) groups is 1. The fourth-order valence-corrected chi connectivity index (χ4v) is 3.14. The van der Waals surface area contributed by atoms with Gasteiger partial charge < -0.3 is 5.32 Å². The summed E-state index contributed by atoms with van der Waals surface area (Å²) in [5, 5.41) is 4.79. The van der Waals surface area contributed by atoms with E-state index in [1.807, 2.05) is 12.3 Å². The van der Waals surface area contributed by atoms with Gasteiger partial charge >= 0.3 is 0 Å². The maximum absolute atomic E-state index is 11.8. The van der Waals surface area contributed by atoms with Crippen LogP contribution in [0.15, 0.2) is 22.4 Å². The van der Waals surface area contributed by atoms with Crippen molar-refractivity contribution in [1.82, 2.24) is 14.7 Å². The van der Waals surface area contributed by atoms with E-state index < -0.39 is 0 Å². The molecule has 0 aliphatic rings. The Labute approximate surface area is 131 Å². The number of fused-ring (bicyclic) bond motifs is 1. The summed E-state index contributed by atoms with van der Waals surface area (Å²) in [6, 6.07) is 1.70.